The summed E-state index contributed by atoms with van der Waals surface area (Å²) in [6.45, 7) is 9.62. The van der Waals surface area contributed by atoms with E-state index in [-0.39, 0.29) is 0 Å². The van der Waals surface area contributed by atoms with E-state index < -0.39 is 0 Å². The van der Waals surface area contributed by atoms with Gasteiger partial charge in [0, 0.05) is 6.04 Å². The molecule has 1 fully saturated rings. The smallest absolute Gasteiger partial charge is 0.0868 e. The summed E-state index contributed by atoms with van der Waals surface area (Å²) in [7, 11) is 0. The van der Waals surface area contributed by atoms with Gasteiger partial charge in [0.25, 0.3) is 0 Å². The first-order valence-corrected chi connectivity index (χ1v) is 6.15. The Morgan fingerprint density at radius 2 is 2.13 bits per heavy atom. The molecule has 1 atom stereocenters. The van der Waals surface area contributed by atoms with Crippen LogP contribution in [-0.2, 0) is 0 Å². The van der Waals surface area contributed by atoms with E-state index in [1.165, 1.54) is 25.8 Å². The van der Waals surface area contributed by atoms with Crippen molar-refractivity contribution in [2.24, 2.45) is 0 Å². The van der Waals surface area contributed by atoms with E-state index in [2.05, 4.69) is 29.7 Å². The first kappa shape index (κ1) is 12.5. The highest BCUT2D eigenvalue weighted by molar-refractivity contribution is 4.86. The number of hydrogen-bond donors (Lipinski definition) is 0. The van der Waals surface area contributed by atoms with Crippen molar-refractivity contribution in [3.63, 3.8) is 0 Å². The van der Waals surface area contributed by atoms with Crippen molar-refractivity contribution < 1.29 is 0 Å². The lowest BCUT2D eigenvalue weighted by Gasteiger charge is -2.25. The molecule has 1 aliphatic heterocycles. The first-order valence-electron chi connectivity index (χ1n) is 6.15. The lowest BCUT2D eigenvalue weighted by Crippen LogP contribution is -2.34. The summed E-state index contributed by atoms with van der Waals surface area (Å²) in [6, 6.07) is 2.93. The maximum Gasteiger partial charge on any atom is 0.0868 e. The van der Waals surface area contributed by atoms with Gasteiger partial charge in [-0.1, -0.05) is 13.8 Å². The molecule has 0 bridgehead atoms. The molecular weight excluding hydrogens is 186 g/mol. The van der Waals surface area contributed by atoms with Crippen LogP contribution in [0.1, 0.15) is 33.1 Å². The molecule has 0 amide bonds. The number of nitrogens with zero attached hydrogens (tertiary/aromatic N) is 3. The van der Waals surface area contributed by atoms with Gasteiger partial charge in [0.05, 0.1) is 12.6 Å². The predicted molar refractivity (Wildman–Crippen MR) is 62.6 cm³/mol. The molecule has 3 heteroatoms. The van der Waals surface area contributed by atoms with Gasteiger partial charge >= 0.3 is 0 Å². The van der Waals surface area contributed by atoms with Crippen LogP contribution in [0.5, 0.6) is 0 Å². The van der Waals surface area contributed by atoms with Crippen LogP contribution in [0.15, 0.2) is 0 Å². The van der Waals surface area contributed by atoms with Gasteiger partial charge in [0.15, 0.2) is 0 Å². The number of likely N-dealkylation sites (tertiary alicyclic amines) is 1. The third-order valence-electron chi connectivity index (χ3n) is 3.45. The normalized spacial score (nSPS) is 22.1. The molecule has 0 spiro atoms. The molecule has 0 aromatic heterocycles. The topological polar surface area (TPSA) is 30.3 Å². The quantitative estimate of drug-likeness (QED) is 0.624. The van der Waals surface area contributed by atoms with Gasteiger partial charge in [-0.25, -0.2) is 0 Å². The summed E-state index contributed by atoms with van der Waals surface area (Å²) in [5, 5.41) is 8.71. The summed E-state index contributed by atoms with van der Waals surface area (Å²) in [6.07, 6.45) is 3.77. The van der Waals surface area contributed by atoms with E-state index in [0.29, 0.717) is 12.6 Å². The summed E-state index contributed by atoms with van der Waals surface area (Å²) in [5.74, 6) is 0. The molecule has 1 unspecified atom stereocenters. The minimum absolute atomic E-state index is 0.614. The van der Waals surface area contributed by atoms with E-state index >= 15 is 0 Å². The molecule has 15 heavy (non-hydrogen) atoms. The van der Waals surface area contributed by atoms with Crippen LogP contribution in [0, 0.1) is 11.3 Å². The molecule has 86 valence electrons. The Balaban J connectivity index is 2.28. The van der Waals surface area contributed by atoms with Crippen LogP contribution in [0.2, 0.25) is 0 Å². The zero-order valence-corrected chi connectivity index (χ0v) is 10.1. The maximum absolute atomic E-state index is 8.71. The van der Waals surface area contributed by atoms with Crippen molar-refractivity contribution in [3.05, 3.63) is 0 Å². The maximum atomic E-state index is 8.71. The second-order valence-electron chi connectivity index (χ2n) is 4.24. The Hall–Kier alpha value is -0.590. The molecule has 0 aliphatic carbocycles. The highest BCUT2D eigenvalue weighted by Gasteiger charge is 2.23. The number of nitriles is 1. The van der Waals surface area contributed by atoms with Crippen LogP contribution in [-0.4, -0.2) is 48.6 Å². The second kappa shape index (κ2) is 6.81. The van der Waals surface area contributed by atoms with Crippen molar-refractivity contribution in [2.45, 2.75) is 39.2 Å². The Labute approximate surface area is 93.7 Å². The highest BCUT2D eigenvalue weighted by atomic mass is 15.2. The van der Waals surface area contributed by atoms with Gasteiger partial charge < -0.3 is 4.90 Å². The summed E-state index contributed by atoms with van der Waals surface area (Å²) in [4.78, 5) is 4.80. The molecule has 3 nitrogen and oxygen atoms in total. The Morgan fingerprint density at radius 1 is 1.40 bits per heavy atom. The number of rotatable bonds is 6. The van der Waals surface area contributed by atoms with Gasteiger partial charge in [-0.05, 0) is 45.4 Å². The molecule has 0 aromatic rings. The molecule has 1 heterocycles. The standard InChI is InChI=1S/C12H23N3/c1-3-14(4-2)10-7-12-6-5-9-15(12)11-8-13/h12H,3-7,9-11H2,1-2H3. The Morgan fingerprint density at radius 3 is 2.73 bits per heavy atom. The van der Waals surface area contributed by atoms with Crippen LogP contribution in [0.25, 0.3) is 0 Å². The Kier molecular flexibility index (Phi) is 5.67. The third kappa shape index (κ3) is 3.81. The van der Waals surface area contributed by atoms with E-state index in [0.717, 1.165) is 19.6 Å². The van der Waals surface area contributed by atoms with Gasteiger partial charge in [-0.15, -0.1) is 0 Å². The largest absolute Gasteiger partial charge is 0.304 e. The molecule has 1 saturated heterocycles. The zero-order valence-electron chi connectivity index (χ0n) is 10.1. The van der Waals surface area contributed by atoms with E-state index in [1.807, 2.05) is 0 Å². The molecule has 0 N–H and O–H groups in total. The zero-order chi connectivity index (χ0) is 11.1. The first-order chi connectivity index (χ1) is 7.31. The van der Waals surface area contributed by atoms with Crippen molar-refractivity contribution in [2.75, 3.05) is 32.7 Å². The van der Waals surface area contributed by atoms with Gasteiger partial charge in [-0.2, -0.15) is 5.26 Å². The summed E-state index contributed by atoms with van der Waals surface area (Å²) < 4.78 is 0. The lowest BCUT2D eigenvalue weighted by atomic mass is 10.1. The van der Waals surface area contributed by atoms with Crippen LogP contribution >= 0.6 is 0 Å². The molecule has 1 aliphatic rings. The molecule has 0 saturated carbocycles. The van der Waals surface area contributed by atoms with Crippen molar-refractivity contribution in [1.29, 1.82) is 5.26 Å². The second-order valence-corrected chi connectivity index (χ2v) is 4.24. The fourth-order valence-corrected chi connectivity index (χ4v) is 2.39. The molecular formula is C12H23N3. The minimum atomic E-state index is 0.614. The van der Waals surface area contributed by atoms with Crippen LogP contribution < -0.4 is 0 Å². The van der Waals surface area contributed by atoms with Gasteiger partial charge in [0.1, 0.15) is 0 Å². The van der Waals surface area contributed by atoms with Gasteiger partial charge in [-0.3, -0.25) is 4.90 Å². The molecule has 1 rings (SSSR count). The SMILES string of the molecule is CCN(CC)CCC1CCCN1CC#N. The van der Waals surface area contributed by atoms with Crippen molar-refractivity contribution >= 4 is 0 Å². The average Bonchev–Trinajstić information content (AvgIpc) is 2.68. The highest BCUT2D eigenvalue weighted by Crippen LogP contribution is 2.19. The van der Waals surface area contributed by atoms with Crippen LogP contribution in [0.4, 0.5) is 0 Å². The minimum Gasteiger partial charge on any atom is -0.304 e. The summed E-state index contributed by atoms with van der Waals surface area (Å²) in [5.41, 5.74) is 0. The van der Waals surface area contributed by atoms with Gasteiger partial charge in [0.2, 0.25) is 0 Å². The summed E-state index contributed by atoms with van der Waals surface area (Å²) >= 11 is 0. The average molecular weight is 209 g/mol. The van der Waals surface area contributed by atoms with Crippen molar-refractivity contribution in [1.82, 2.24) is 9.80 Å². The molecule has 0 radical (unpaired) electrons. The Bertz CT molecular complexity index is 205. The van der Waals surface area contributed by atoms with E-state index in [4.69, 9.17) is 5.26 Å². The van der Waals surface area contributed by atoms with Crippen LogP contribution in [0.3, 0.4) is 0 Å². The fourth-order valence-electron chi connectivity index (χ4n) is 2.39. The van der Waals surface area contributed by atoms with Crippen molar-refractivity contribution in [3.8, 4) is 6.07 Å². The molecule has 0 aromatic carbocycles. The lowest BCUT2D eigenvalue weighted by molar-refractivity contribution is 0.224. The third-order valence-corrected chi connectivity index (χ3v) is 3.45. The fraction of sp³-hybridized carbons (Fsp3) is 0.917. The van der Waals surface area contributed by atoms with E-state index in [9.17, 15) is 0 Å². The predicted octanol–water partition coefficient (Wildman–Crippen LogP) is 1.71. The monoisotopic (exact) mass is 209 g/mol. The van der Waals surface area contributed by atoms with E-state index in [1.54, 1.807) is 0 Å². The number of hydrogen-bond acceptors (Lipinski definition) is 3.